The Morgan fingerprint density at radius 2 is 1.53 bits per heavy atom. The second-order valence-corrected chi connectivity index (χ2v) is 8.45. The standard InChI is InChI=1S/C29H25F2N3O2/c1-35-16-3-17-36-23-12-10-22(11-13-23)21-8-6-20(7-9-21)18-34-15-14-26-27(19-34)33-29(32-26)24-4-2-5-25(30)28(24)31/h2,4-15,19H,3,16-18H2,1H3. The van der Waals surface area contributed by atoms with Gasteiger partial charge in [0, 0.05) is 39.1 Å². The van der Waals surface area contributed by atoms with Gasteiger partial charge in [-0.2, -0.15) is 0 Å². The third-order valence-electron chi connectivity index (χ3n) is 5.89. The van der Waals surface area contributed by atoms with E-state index < -0.39 is 11.6 Å². The third kappa shape index (κ3) is 5.26. The number of rotatable bonds is 9. The van der Waals surface area contributed by atoms with Crippen molar-refractivity contribution in [3.05, 3.63) is 102 Å². The van der Waals surface area contributed by atoms with Gasteiger partial charge < -0.3 is 14.0 Å². The molecule has 0 N–H and O–H groups in total. The zero-order chi connectivity index (χ0) is 24.9. The van der Waals surface area contributed by atoms with Crippen LogP contribution in [0.3, 0.4) is 0 Å². The molecule has 5 rings (SSSR count). The number of benzene rings is 3. The maximum absolute atomic E-state index is 14.2. The van der Waals surface area contributed by atoms with Gasteiger partial charge in [0.2, 0.25) is 0 Å². The first-order valence-electron chi connectivity index (χ1n) is 11.7. The summed E-state index contributed by atoms with van der Waals surface area (Å²) in [5, 5.41) is 0. The molecule has 0 saturated heterocycles. The van der Waals surface area contributed by atoms with Crippen molar-refractivity contribution in [2.45, 2.75) is 13.0 Å². The van der Waals surface area contributed by atoms with Crippen molar-refractivity contribution in [2.24, 2.45) is 0 Å². The van der Waals surface area contributed by atoms with Gasteiger partial charge in [0.25, 0.3) is 0 Å². The van der Waals surface area contributed by atoms with E-state index in [1.54, 1.807) is 7.11 Å². The molecule has 0 aliphatic carbocycles. The highest BCUT2D eigenvalue weighted by Crippen LogP contribution is 2.28. The summed E-state index contributed by atoms with van der Waals surface area (Å²) in [6.07, 6.45) is 4.63. The van der Waals surface area contributed by atoms with Crippen LogP contribution >= 0.6 is 0 Å². The van der Waals surface area contributed by atoms with Gasteiger partial charge >= 0.3 is 0 Å². The summed E-state index contributed by atoms with van der Waals surface area (Å²) in [4.78, 5) is 8.78. The zero-order valence-electron chi connectivity index (χ0n) is 19.8. The number of pyridine rings is 1. The van der Waals surface area contributed by atoms with E-state index in [1.807, 2.05) is 35.2 Å². The lowest BCUT2D eigenvalue weighted by Crippen LogP contribution is -2.01. The predicted molar refractivity (Wildman–Crippen MR) is 135 cm³/mol. The van der Waals surface area contributed by atoms with Crippen LogP contribution in [-0.4, -0.2) is 34.9 Å². The summed E-state index contributed by atoms with van der Waals surface area (Å²) < 4.78 is 40.5. The minimum absolute atomic E-state index is 0.0547. The Balaban J connectivity index is 1.27. The SMILES string of the molecule is COCCCOc1ccc(-c2ccc(Cn3ccc4nc(-c5cccc(F)c5F)nc-4c3)cc2)cc1. The first-order chi connectivity index (χ1) is 17.6. The number of ether oxygens (including phenoxy) is 2. The summed E-state index contributed by atoms with van der Waals surface area (Å²) in [5.74, 6) is -0.834. The van der Waals surface area contributed by atoms with E-state index in [2.05, 4.69) is 46.4 Å². The van der Waals surface area contributed by atoms with E-state index in [4.69, 9.17) is 9.47 Å². The molecule has 5 nitrogen and oxygen atoms in total. The molecule has 0 spiro atoms. The first-order valence-corrected chi connectivity index (χ1v) is 11.7. The van der Waals surface area contributed by atoms with E-state index >= 15 is 0 Å². The van der Waals surface area contributed by atoms with Crippen LogP contribution in [0.25, 0.3) is 33.9 Å². The Kier molecular flexibility index (Phi) is 7.00. The molecule has 36 heavy (non-hydrogen) atoms. The smallest absolute Gasteiger partial charge is 0.169 e. The van der Waals surface area contributed by atoms with Crippen molar-refractivity contribution in [2.75, 3.05) is 20.3 Å². The molecule has 0 fully saturated rings. The Hall–Kier alpha value is -4.10. The van der Waals surface area contributed by atoms with Crippen LogP contribution in [0, 0.1) is 11.6 Å². The number of methoxy groups -OCH3 is 1. The molecule has 0 aromatic heterocycles. The lowest BCUT2D eigenvalue weighted by molar-refractivity contribution is 0.172. The lowest BCUT2D eigenvalue weighted by atomic mass is 10.0. The highest BCUT2D eigenvalue weighted by atomic mass is 19.2. The van der Waals surface area contributed by atoms with Gasteiger partial charge in [-0.05, 0) is 47.0 Å². The summed E-state index contributed by atoms with van der Waals surface area (Å²) in [7, 11) is 1.68. The van der Waals surface area contributed by atoms with Crippen LogP contribution in [-0.2, 0) is 11.3 Å². The summed E-state index contributed by atoms with van der Waals surface area (Å²) in [5.41, 5.74) is 4.66. The molecule has 0 bridgehead atoms. The fraction of sp³-hybridized carbons (Fsp3) is 0.172. The molecule has 0 atom stereocenters. The third-order valence-corrected chi connectivity index (χ3v) is 5.89. The summed E-state index contributed by atoms with van der Waals surface area (Å²) in [6.45, 7) is 1.96. The van der Waals surface area contributed by atoms with E-state index in [0.717, 1.165) is 34.9 Å². The van der Waals surface area contributed by atoms with Gasteiger partial charge in [0.15, 0.2) is 17.5 Å². The van der Waals surface area contributed by atoms with E-state index in [-0.39, 0.29) is 11.4 Å². The van der Waals surface area contributed by atoms with Crippen molar-refractivity contribution in [1.82, 2.24) is 14.5 Å². The van der Waals surface area contributed by atoms with Gasteiger partial charge in [-0.1, -0.05) is 42.5 Å². The molecule has 0 saturated carbocycles. The van der Waals surface area contributed by atoms with E-state index in [9.17, 15) is 8.78 Å². The molecule has 7 heteroatoms. The van der Waals surface area contributed by atoms with Crippen molar-refractivity contribution in [3.63, 3.8) is 0 Å². The topological polar surface area (TPSA) is 49.2 Å². The zero-order valence-corrected chi connectivity index (χ0v) is 19.8. The average molecular weight is 486 g/mol. The molecule has 182 valence electrons. The quantitative estimate of drug-likeness (QED) is 0.225. The molecule has 2 aliphatic heterocycles. The molecule has 2 aliphatic rings. The normalized spacial score (nSPS) is 11.2. The number of hydrogen-bond acceptors (Lipinski definition) is 4. The number of halogens is 2. The fourth-order valence-electron chi connectivity index (χ4n) is 4.00. The van der Waals surface area contributed by atoms with Gasteiger partial charge in [0.1, 0.15) is 11.4 Å². The number of imidazole rings is 1. The first kappa shape index (κ1) is 23.6. The molecule has 2 heterocycles. The minimum Gasteiger partial charge on any atom is -0.494 e. The Morgan fingerprint density at radius 1 is 0.806 bits per heavy atom. The maximum Gasteiger partial charge on any atom is 0.169 e. The number of fused-ring (bicyclic) bond motifs is 1. The van der Waals surface area contributed by atoms with Crippen LogP contribution in [0.15, 0.2) is 85.2 Å². The van der Waals surface area contributed by atoms with Crippen molar-refractivity contribution >= 4 is 0 Å². The van der Waals surface area contributed by atoms with Crippen molar-refractivity contribution in [1.29, 1.82) is 0 Å². The molecule has 3 aromatic carbocycles. The van der Waals surface area contributed by atoms with Gasteiger partial charge in [0.05, 0.1) is 17.9 Å². The highest BCUT2D eigenvalue weighted by molar-refractivity contribution is 5.66. The molecular formula is C29H25F2N3O2. The highest BCUT2D eigenvalue weighted by Gasteiger charge is 2.17. The molecule has 0 unspecified atom stereocenters. The number of hydrogen-bond donors (Lipinski definition) is 0. The fourth-order valence-corrected chi connectivity index (χ4v) is 4.00. The van der Waals surface area contributed by atoms with Crippen LogP contribution in [0.5, 0.6) is 5.75 Å². The lowest BCUT2D eigenvalue weighted by Gasteiger charge is -2.10. The molecule has 0 radical (unpaired) electrons. The average Bonchev–Trinajstić information content (AvgIpc) is 3.32. The Labute approximate surface area is 208 Å². The van der Waals surface area contributed by atoms with Crippen LogP contribution in [0.4, 0.5) is 8.78 Å². The molecule has 3 aromatic rings. The number of nitrogens with zero attached hydrogens (tertiary/aromatic N) is 3. The Morgan fingerprint density at radius 3 is 2.28 bits per heavy atom. The van der Waals surface area contributed by atoms with Crippen LogP contribution in [0.1, 0.15) is 12.0 Å². The second kappa shape index (κ2) is 10.7. The maximum atomic E-state index is 14.2. The van der Waals surface area contributed by atoms with Crippen LogP contribution in [0.2, 0.25) is 0 Å². The van der Waals surface area contributed by atoms with Gasteiger partial charge in [-0.15, -0.1) is 0 Å². The van der Waals surface area contributed by atoms with Crippen molar-refractivity contribution < 1.29 is 18.3 Å². The van der Waals surface area contributed by atoms with Gasteiger partial charge in [-0.3, -0.25) is 0 Å². The van der Waals surface area contributed by atoms with Crippen molar-refractivity contribution in [3.8, 4) is 39.7 Å². The van der Waals surface area contributed by atoms with E-state index in [1.165, 1.54) is 12.1 Å². The van der Waals surface area contributed by atoms with E-state index in [0.29, 0.717) is 31.1 Å². The minimum atomic E-state index is -0.940. The Bertz CT molecular complexity index is 1420. The van der Waals surface area contributed by atoms with Gasteiger partial charge in [-0.25, -0.2) is 18.7 Å². The molecule has 0 amide bonds. The van der Waals surface area contributed by atoms with Crippen LogP contribution < -0.4 is 4.74 Å². The summed E-state index contributed by atoms with van der Waals surface area (Å²) >= 11 is 0. The largest absolute Gasteiger partial charge is 0.494 e. The second-order valence-electron chi connectivity index (χ2n) is 8.45. The summed E-state index contributed by atoms with van der Waals surface area (Å²) in [6, 6.07) is 22.3. The molecular weight excluding hydrogens is 460 g/mol. The number of aromatic nitrogens is 3. The monoisotopic (exact) mass is 485 g/mol. The predicted octanol–water partition coefficient (Wildman–Crippen LogP) is 6.46.